The minimum absolute atomic E-state index is 0.0413. The summed E-state index contributed by atoms with van der Waals surface area (Å²) in [5.74, 6) is -0.0413. The van der Waals surface area contributed by atoms with E-state index in [2.05, 4.69) is 5.32 Å². The SMILES string of the molecule is N#CCN/C=C\C(=O)c1cccs1. The Morgan fingerprint density at radius 1 is 1.77 bits per heavy atom. The van der Waals surface area contributed by atoms with Crippen LogP contribution in [0.3, 0.4) is 0 Å². The lowest BCUT2D eigenvalue weighted by Gasteiger charge is -1.89. The van der Waals surface area contributed by atoms with E-state index in [1.807, 2.05) is 17.5 Å². The molecule has 0 aliphatic carbocycles. The van der Waals surface area contributed by atoms with E-state index >= 15 is 0 Å². The average Bonchev–Trinajstić information content (AvgIpc) is 2.65. The van der Waals surface area contributed by atoms with Gasteiger partial charge in [-0.2, -0.15) is 5.26 Å². The van der Waals surface area contributed by atoms with Gasteiger partial charge < -0.3 is 5.32 Å². The molecule has 0 amide bonds. The van der Waals surface area contributed by atoms with Crippen molar-refractivity contribution in [3.05, 3.63) is 34.7 Å². The van der Waals surface area contributed by atoms with Gasteiger partial charge in [-0.15, -0.1) is 11.3 Å². The Labute approximate surface area is 80.3 Å². The third-order valence-corrected chi connectivity index (χ3v) is 2.18. The van der Waals surface area contributed by atoms with Crippen molar-refractivity contribution in [2.75, 3.05) is 6.54 Å². The standard InChI is InChI=1S/C9H8N2OS/c10-4-6-11-5-3-8(12)9-2-1-7-13-9/h1-3,5,7,11H,6H2/b5-3-. The van der Waals surface area contributed by atoms with Gasteiger partial charge in [0.2, 0.25) is 0 Å². The topological polar surface area (TPSA) is 52.9 Å². The quantitative estimate of drug-likeness (QED) is 0.341. The van der Waals surface area contributed by atoms with Crippen LogP contribution < -0.4 is 5.32 Å². The van der Waals surface area contributed by atoms with Crippen molar-refractivity contribution < 1.29 is 4.79 Å². The van der Waals surface area contributed by atoms with E-state index in [4.69, 9.17) is 5.26 Å². The normalized spacial score (nSPS) is 9.77. The van der Waals surface area contributed by atoms with E-state index in [0.717, 1.165) is 0 Å². The molecule has 1 heterocycles. The number of hydrogen-bond donors (Lipinski definition) is 1. The predicted octanol–water partition coefficient (Wildman–Crippen LogP) is 1.56. The van der Waals surface area contributed by atoms with Gasteiger partial charge in [-0.05, 0) is 11.4 Å². The summed E-state index contributed by atoms with van der Waals surface area (Å²) in [4.78, 5) is 12.0. The van der Waals surface area contributed by atoms with Gasteiger partial charge >= 0.3 is 0 Å². The number of rotatable bonds is 4. The van der Waals surface area contributed by atoms with Crippen molar-refractivity contribution >= 4 is 17.1 Å². The van der Waals surface area contributed by atoms with Crippen LogP contribution in [-0.2, 0) is 0 Å². The Bertz CT molecular complexity index is 335. The number of hydrogen-bond acceptors (Lipinski definition) is 4. The van der Waals surface area contributed by atoms with E-state index in [-0.39, 0.29) is 12.3 Å². The molecule has 13 heavy (non-hydrogen) atoms. The molecule has 0 unspecified atom stereocenters. The van der Waals surface area contributed by atoms with E-state index in [0.29, 0.717) is 4.88 Å². The second-order valence-corrected chi connectivity index (χ2v) is 3.16. The molecular formula is C9H8N2OS. The van der Waals surface area contributed by atoms with E-state index in [1.165, 1.54) is 23.6 Å². The molecule has 1 aromatic heterocycles. The van der Waals surface area contributed by atoms with Crippen LogP contribution in [0.1, 0.15) is 9.67 Å². The van der Waals surface area contributed by atoms with E-state index in [9.17, 15) is 4.79 Å². The first-order chi connectivity index (χ1) is 6.34. The average molecular weight is 192 g/mol. The largest absolute Gasteiger partial charge is 0.378 e. The van der Waals surface area contributed by atoms with Crippen LogP contribution >= 0.6 is 11.3 Å². The first-order valence-corrected chi connectivity index (χ1v) is 4.57. The first kappa shape index (κ1) is 9.49. The van der Waals surface area contributed by atoms with Crippen molar-refractivity contribution in [2.45, 2.75) is 0 Å². The van der Waals surface area contributed by atoms with Crippen LogP contribution in [-0.4, -0.2) is 12.3 Å². The van der Waals surface area contributed by atoms with Crippen LogP contribution in [0.4, 0.5) is 0 Å². The molecule has 0 saturated carbocycles. The summed E-state index contributed by atoms with van der Waals surface area (Å²) in [6.07, 6.45) is 2.91. The lowest BCUT2D eigenvalue weighted by molar-refractivity contribution is 0.105. The molecule has 0 aromatic carbocycles. The minimum Gasteiger partial charge on any atom is -0.378 e. The fraction of sp³-hybridized carbons (Fsp3) is 0.111. The van der Waals surface area contributed by atoms with Crippen LogP contribution in [0.5, 0.6) is 0 Å². The second-order valence-electron chi connectivity index (χ2n) is 2.21. The number of allylic oxidation sites excluding steroid dienone is 1. The van der Waals surface area contributed by atoms with Crippen molar-refractivity contribution in [3.8, 4) is 6.07 Å². The summed E-state index contributed by atoms with van der Waals surface area (Å²) in [6, 6.07) is 5.50. The number of thiophene rings is 1. The molecule has 0 aliphatic rings. The van der Waals surface area contributed by atoms with Crippen LogP contribution in [0, 0.1) is 11.3 Å². The number of carbonyl (C=O) groups is 1. The molecule has 1 aromatic rings. The van der Waals surface area contributed by atoms with Crippen molar-refractivity contribution in [2.24, 2.45) is 0 Å². The third-order valence-electron chi connectivity index (χ3n) is 1.30. The Morgan fingerprint density at radius 2 is 2.62 bits per heavy atom. The highest BCUT2D eigenvalue weighted by Gasteiger charge is 2.00. The zero-order chi connectivity index (χ0) is 9.52. The molecule has 1 N–H and O–H groups in total. The fourth-order valence-corrected chi connectivity index (χ4v) is 1.39. The molecule has 0 bridgehead atoms. The van der Waals surface area contributed by atoms with Gasteiger partial charge in [-0.3, -0.25) is 4.79 Å². The Balaban J connectivity index is 2.43. The zero-order valence-electron chi connectivity index (χ0n) is 6.86. The Morgan fingerprint density at radius 3 is 3.23 bits per heavy atom. The summed E-state index contributed by atoms with van der Waals surface area (Å²) in [7, 11) is 0. The minimum atomic E-state index is -0.0413. The molecule has 3 nitrogen and oxygen atoms in total. The molecule has 0 spiro atoms. The van der Waals surface area contributed by atoms with Gasteiger partial charge in [-0.1, -0.05) is 6.07 Å². The maximum Gasteiger partial charge on any atom is 0.197 e. The molecule has 0 fully saturated rings. The van der Waals surface area contributed by atoms with Crippen molar-refractivity contribution in [1.82, 2.24) is 5.32 Å². The van der Waals surface area contributed by atoms with Crippen LogP contribution in [0.25, 0.3) is 0 Å². The fourth-order valence-electron chi connectivity index (χ4n) is 0.740. The molecule has 0 radical (unpaired) electrons. The number of nitriles is 1. The number of ketones is 1. The number of nitrogens with zero attached hydrogens (tertiary/aromatic N) is 1. The smallest absolute Gasteiger partial charge is 0.197 e. The van der Waals surface area contributed by atoms with Crippen molar-refractivity contribution in [3.63, 3.8) is 0 Å². The predicted molar refractivity (Wildman–Crippen MR) is 51.4 cm³/mol. The lowest BCUT2D eigenvalue weighted by atomic mass is 10.3. The van der Waals surface area contributed by atoms with Gasteiger partial charge in [0, 0.05) is 12.3 Å². The van der Waals surface area contributed by atoms with Gasteiger partial charge in [0.15, 0.2) is 5.78 Å². The summed E-state index contributed by atoms with van der Waals surface area (Å²) < 4.78 is 0. The second kappa shape index (κ2) is 5.12. The number of nitrogens with one attached hydrogen (secondary N) is 1. The first-order valence-electron chi connectivity index (χ1n) is 3.69. The summed E-state index contributed by atoms with van der Waals surface area (Å²) in [5, 5.41) is 12.7. The summed E-state index contributed by atoms with van der Waals surface area (Å²) >= 11 is 1.40. The molecule has 4 heteroatoms. The van der Waals surface area contributed by atoms with Crippen LogP contribution in [0.15, 0.2) is 29.8 Å². The molecule has 0 atom stereocenters. The molecule has 1 rings (SSSR count). The third kappa shape index (κ3) is 3.09. The van der Waals surface area contributed by atoms with E-state index < -0.39 is 0 Å². The molecular weight excluding hydrogens is 184 g/mol. The van der Waals surface area contributed by atoms with Gasteiger partial charge in [-0.25, -0.2) is 0 Å². The monoisotopic (exact) mass is 192 g/mol. The maximum absolute atomic E-state index is 11.3. The highest BCUT2D eigenvalue weighted by molar-refractivity contribution is 7.12. The lowest BCUT2D eigenvalue weighted by Crippen LogP contribution is -2.04. The molecule has 66 valence electrons. The van der Waals surface area contributed by atoms with Gasteiger partial charge in [0.25, 0.3) is 0 Å². The summed E-state index contributed by atoms with van der Waals surface area (Å²) in [5.41, 5.74) is 0. The highest BCUT2D eigenvalue weighted by atomic mass is 32.1. The Kier molecular flexibility index (Phi) is 3.74. The number of carbonyl (C=O) groups excluding carboxylic acids is 1. The molecule has 0 aliphatic heterocycles. The van der Waals surface area contributed by atoms with Crippen LogP contribution in [0.2, 0.25) is 0 Å². The highest BCUT2D eigenvalue weighted by Crippen LogP contribution is 2.09. The van der Waals surface area contributed by atoms with Gasteiger partial charge in [0.05, 0.1) is 10.9 Å². The van der Waals surface area contributed by atoms with Crippen molar-refractivity contribution in [1.29, 1.82) is 5.26 Å². The maximum atomic E-state index is 11.3. The Hall–Kier alpha value is -1.60. The summed E-state index contributed by atoms with van der Waals surface area (Å²) in [6.45, 7) is 0.216. The van der Waals surface area contributed by atoms with Gasteiger partial charge in [0.1, 0.15) is 6.54 Å². The van der Waals surface area contributed by atoms with E-state index in [1.54, 1.807) is 6.07 Å². The zero-order valence-corrected chi connectivity index (χ0v) is 7.67. The molecule has 0 saturated heterocycles.